The Morgan fingerprint density at radius 3 is 2.58 bits per heavy atom. The number of para-hydroxylation sites is 1. The van der Waals surface area contributed by atoms with Crippen molar-refractivity contribution < 1.29 is 4.79 Å². The zero-order valence-corrected chi connectivity index (χ0v) is 19.9. The molecule has 2 atom stereocenters. The van der Waals surface area contributed by atoms with E-state index in [0.29, 0.717) is 0 Å². The lowest BCUT2D eigenvalue weighted by atomic mass is 9.94. The highest BCUT2D eigenvalue weighted by atomic mass is 32.2. The van der Waals surface area contributed by atoms with E-state index in [-0.39, 0.29) is 18.0 Å². The molecule has 0 spiro atoms. The summed E-state index contributed by atoms with van der Waals surface area (Å²) in [5.41, 5.74) is 4.51. The van der Waals surface area contributed by atoms with Gasteiger partial charge >= 0.3 is 6.03 Å². The average Bonchev–Trinajstić information content (AvgIpc) is 3.55. The van der Waals surface area contributed by atoms with Crippen LogP contribution in [0.5, 0.6) is 0 Å². The number of likely N-dealkylation sites (tertiary alicyclic amines) is 1. The zero-order chi connectivity index (χ0) is 22.6. The Bertz CT molecular complexity index is 1080. The molecule has 1 fully saturated rings. The molecule has 0 radical (unpaired) electrons. The smallest absolute Gasteiger partial charge is 0.320 e. The van der Waals surface area contributed by atoms with Gasteiger partial charge in [0.2, 0.25) is 0 Å². The minimum Gasteiger partial charge on any atom is -0.333 e. The van der Waals surface area contributed by atoms with Gasteiger partial charge in [-0.05, 0) is 43.2 Å². The minimum atomic E-state index is -0.153. The summed E-state index contributed by atoms with van der Waals surface area (Å²) in [5, 5.41) is 11.3. The number of benzene rings is 2. The summed E-state index contributed by atoms with van der Waals surface area (Å²) in [6.07, 6.45) is 5.15. The third-order valence-electron chi connectivity index (χ3n) is 6.69. The quantitative estimate of drug-likeness (QED) is 0.550. The molecule has 2 aromatic carbocycles. The molecular formula is C26H31N5OS. The van der Waals surface area contributed by atoms with Gasteiger partial charge in [0.1, 0.15) is 5.82 Å². The van der Waals surface area contributed by atoms with Crippen LogP contribution in [0.3, 0.4) is 0 Å². The van der Waals surface area contributed by atoms with Gasteiger partial charge in [-0.3, -0.25) is 10.2 Å². The fourth-order valence-electron chi connectivity index (χ4n) is 5.06. The summed E-state index contributed by atoms with van der Waals surface area (Å²) in [4.78, 5) is 15.7. The number of hydrogen-bond donors (Lipinski definition) is 2. The third-order valence-corrected chi connectivity index (χ3v) is 7.28. The van der Waals surface area contributed by atoms with Crippen LogP contribution in [0.4, 0.5) is 10.6 Å². The van der Waals surface area contributed by atoms with Gasteiger partial charge in [-0.25, -0.2) is 9.48 Å². The van der Waals surface area contributed by atoms with Gasteiger partial charge < -0.3 is 5.32 Å². The van der Waals surface area contributed by atoms with Crippen molar-refractivity contribution in [3.63, 3.8) is 0 Å². The molecule has 2 amide bonds. The molecule has 5 rings (SSSR count). The van der Waals surface area contributed by atoms with Crippen LogP contribution in [-0.2, 0) is 12.8 Å². The summed E-state index contributed by atoms with van der Waals surface area (Å²) in [6.45, 7) is 2.87. The molecule has 172 valence electrons. The highest BCUT2D eigenvalue weighted by molar-refractivity contribution is 7.98. The fourth-order valence-corrected chi connectivity index (χ4v) is 5.50. The maximum absolute atomic E-state index is 13.3. The van der Waals surface area contributed by atoms with Crippen LogP contribution in [0.15, 0.2) is 60.7 Å². The molecule has 7 heteroatoms. The number of amides is 2. The van der Waals surface area contributed by atoms with Crippen molar-refractivity contribution in [2.24, 2.45) is 0 Å². The lowest BCUT2D eigenvalue weighted by Crippen LogP contribution is -2.42. The molecule has 2 N–H and O–H groups in total. The summed E-state index contributed by atoms with van der Waals surface area (Å²) < 4.78 is 1.89. The first-order valence-corrected chi connectivity index (χ1v) is 13.1. The largest absolute Gasteiger partial charge is 0.333 e. The highest BCUT2D eigenvalue weighted by Gasteiger charge is 2.35. The minimum absolute atomic E-state index is 0.0652. The van der Waals surface area contributed by atoms with E-state index < -0.39 is 0 Å². The molecule has 0 saturated carbocycles. The molecule has 6 nitrogen and oxygen atoms in total. The molecule has 1 aliphatic heterocycles. The third kappa shape index (κ3) is 4.80. The van der Waals surface area contributed by atoms with Crippen LogP contribution < -0.4 is 10.6 Å². The molecule has 2 aliphatic rings. The Kier molecular flexibility index (Phi) is 6.69. The SMILES string of the molecule is CSCCN1CC(NC(=O)Nc2c3c(nn2-c2ccccc2)CCC3)C(c2ccccc2)C1. The topological polar surface area (TPSA) is 62.2 Å². The molecule has 33 heavy (non-hydrogen) atoms. The standard InChI is InChI=1S/C26H31N5OS/c1-33-16-15-30-17-22(19-9-4-2-5-10-19)24(18-30)27-26(32)28-25-21-13-8-14-23(21)29-31(25)20-11-6-3-7-12-20/h2-7,9-12,22,24H,8,13-18H2,1H3,(H2,27,28,32). The first kappa shape index (κ1) is 22.0. The second kappa shape index (κ2) is 10.0. The average molecular weight is 462 g/mol. The number of anilines is 1. The summed E-state index contributed by atoms with van der Waals surface area (Å²) in [7, 11) is 0. The van der Waals surface area contributed by atoms with E-state index in [9.17, 15) is 4.79 Å². The number of rotatable bonds is 7. The Morgan fingerprint density at radius 1 is 1.06 bits per heavy atom. The van der Waals surface area contributed by atoms with Crippen LogP contribution in [0.2, 0.25) is 0 Å². The predicted molar refractivity (Wildman–Crippen MR) is 136 cm³/mol. The highest BCUT2D eigenvalue weighted by Crippen LogP contribution is 2.32. The van der Waals surface area contributed by atoms with E-state index in [1.165, 1.54) is 11.1 Å². The number of nitrogens with one attached hydrogen (secondary N) is 2. The molecule has 2 heterocycles. The normalized spacial score (nSPS) is 20.0. The Labute approximate surface area is 199 Å². The number of carbonyl (C=O) groups is 1. The van der Waals surface area contributed by atoms with Crippen molar-refractivity contribution in [2.75, 3.05) is 37.0 Å². The number of carbonyl (C=O) groups excluding carboxylic acids is 1. The van der Waals surface area contributed by atoms with Crippen molar-refractivity contribution >= 4 is 23.6 Å². The van der Waals surface area contributed by atoms with Crippen LogP contribution >= 0.6 is 11.8 Å². The number of thioether (sulfide) groups is 1. The molecule has 1 saturated heterocycles. The maximum atomic E-state index is 13.3. The molecular weight excluding hydrogens is 430 g/mol. The second-order valence-corrected chi connectivity index (χ2v) is 9.83. The fraction of sp³-hybridized carbons (Fsp3) is 0.385. The van der Waals surface area contributed by atoms with Crippen LogP contribution in [-0.4, -0.2) is 58.4 Å². The van der Waals surface area contributed by atoms with E-state index in [0.717, 1.165) is 61.8 Å². The van der Waals surface area contributed by atoms with Crippen molar-refractivity contribution in [2.45, 2.75) is 31.2 Å². The van der Waals surface area contributed by atoms with Gasteiger partial charge in [0.25, 0.3) is 0 Å². The number of aromatic nitrogens is 2. The number of aryl methyl sites for hydroxylation is 1. The molecule has 2 unspecified atom stereocenters. The van der Waals surface area contributed by atoms with Crippen molar-refractivity contribution in [3.8, 4) is 5.69 Å². The van der Waals surface area contributed by atoms with Crippen LogP contribution in [0, 0.1) is 0 Å². The molecule has 3 aromatic rings. The van der Waals surface area contributed by atoms with Gasteiger partial charge in [0.05, 0.1) is 17.4 Å². The van der Waals surface area contributed by atoms with Gasteiger partial charge in [-0.2, -0.15) is 16.9 Å². The summed E-state index contributed by atoms with van der Waals surface area (Å²) >= 11 is 1.86. The van der Waals surface area contributed by atoms with E-state index in [2.05, 4.69) is 46.1 Å². The monoisotopic (exact) mass is 461 g/mol. The zero-order valence-electron chi connectivity index (χ0n) is 19.0. The summed E-state index contributed by atoms with van der Waals surface area (Å²) in [5.74, 6) is 2.19. The van der Waals surface area contributed by atoms with Gasteiger partial charge in [-0.1, -0.05) is 48.5 Å². The van der Waals surface area contributed by atoms with Gasteiger partial charge in [-0.15, -0.1) is 0 Å². The van der Waals surface area contributed by atoms with E-state index in [4.69, 9.17) is 5.10 Å². The van der Waals surface area contributed by atoms with Gasteiger partial charge in [0.15, 0.2) is 0 Å². The first-order valence-electron chi connectivity index (χ1n) is 11.7. The second-order valence-electron chi connectivity index (χ2n) is 8.85. The van der Waals surface area contributed by atoms with Gasteiger partial charge in [0, 0.05) is 36.9 Å². The Hall–Kier alpha value is -2.77. The van der Waals surface area contributed by atoms with Crippen LogP contribution in [0.25, 0.3) is 5.69 Å². The lowest BCUT2D eigenvalue weighted by molar-refractivity contribution is 0.247. The van der Waals surface area contributed by atoms with Crippen molar-refractivity contribution in [1.82, 2.24) is 20.0 Å². The molecule has 1 aliphatic carbocycles. The first-order chi connectivity index (χ1) is 16.2. The number of fused-ring (bicyclic) bond motifs is 1. The van der Waals surface area contributed by atoms with Crippen molar-refractivity contribution in [1.29, 1.82) is 0 Å². The van der Waals surface area contributed by atoms with Crippen molar-refractivity contribution in [3.05, 3.63) is 77.5 Å². The summed E-state index contributed by atoms with van der Waals surface area (Å²) in [6, 6.07) is 20.5. The van der Waals surface area contributed by atoms with E-state index in [1.807, 2.05) is 52.8 Å². The Balaban J connectivity index is 1.35. The number of hydrogen-bond acceptors (Lipinski definition) is 4. The number of urea groups is 1. The molecule has 1 aromatic heterocycles. The maximum Gasteiger partial charge on any atom is 0.320 e. The van der Waals surface area contributed by atoms with Crippen LogP contribution in [0.1, 0.15) is 29.2 Å². The van der Waals surface area contributed by atoms with E-state index >= 15 is 0 Å². The Morgan fingerprint density at radius 2 is 1.82 bits per heavy atom. The lowest BCUT2D eigenvalue weighted by Gasteiger charge is -2.21. The van der Waals surface area contributed by atoms with E-state index in [1.54, 1.807) is 0 Å². The molecule has 0 bridgehead atoms. The predicted octanol–water partition coefficient (Wildman–Crippen LogP) is 4.31. The number of nitrogens with zero attached hydrogens (tertiary/aromatic N) is 3.